The lowest BCUT2D eigenvalue weighted by molar-refractivity contribution is -0.384. The molecular weight excluding hydrogens is 330 g/mol. The lowest BCUT2D eigenvalue weighted by Crippen LogP contribution is -2.18. The molecule has 0 aliphatic carbocycles. The van der Waals surface area contributed by atoms with Gasteiger partial charge in [-0.3, -0.25) is 14.9 Å². The first-order chi connectivity index (χ1) is 12.6. The van der Waals surface area contributed by atoms with E-state index < -0.39 is 10.7 Å². The van der Waals surface area contributed by atoms with Gasteiger partial charge in [-0.05, 0) is 30.5 Å². The normalized spacial score (nSPS) is 14.1. The number of rotatable bonds is 5. The number of hydrogen-bond donors (Lipinski definition) is 0. The summed E-state index contributed by atoms with van der Waals surface area (Å²) in [5, 5.41) is 20.8. The molecule has 3 rings (SSSR count). The van der Waals surface area contributed by atoms with E-state index in [4.69, 9.17) is 0 Å². The number of anilines is 1. The second-order valence-corrected chi connectivity index (χ2v) is 6.06. The van der Waals surface area contributed by atoms with Crippen LogP contribution in [0.25, 0.3) is 6.08 Å². The zero-order chi connectivity index (χ0) is 18.5. The van der Waals surface area contributed by atoms with E-state index in [0.29, 0.717) is 16.8 Å². The monoisotopic (exact) mass is 347 g/mol. The summed E-state index contributed by atoms with van der Waals surface area (Å²) >= 11 is 0. The molecule has 0 spiro atoms. The van der Waals surface area contributed by atoms with Crippen LogP contribution in [0.15, 0.2) is 54.1 Å². The van der Waals surface area contributed by atoms with Crippen LogP contribution < -0.4 is 4.90 Å². The van der Waals surface area contributed by atoms with Crippen molar-refractivity contribution in [3.63, 3.8) is 0 Å². The highest BCUT2D eigenvalue weighted by Crippen LogP contribution is 2.32. The summed E-state index contributed by atoms with van der Waals surface area (Å²) in [5.41, 5.74) is 1.38. The Bertz CT molecular complexity index is 908. The maximum atomic E-state index is 12.4. The van der Waals surface area contributed by atoms with Crippen LogP contribution in [0, 0.1) is 21.4 Å². The third-order valence-electron chi connectivity index (χ3n) is 4.35. The van der Waals surface area contributed by atoms with E-state index >= 15 is 0 Å². The average molecular weight is 347 g/mol. The van der Waals surface area contributed by atoms with Crippen molar-refractivity contribution in [2.45, 2.75) is 12.8 Å². The third-order valence-corrected chi connectivity index (χ3v) is 4.35. The van der Waals surface area contributed by atoms with E-state index in [-0.39, 0.29) is 11.3 Å². The van der Waals surface area contributed by atoms with Crippen molar-refractivity contribution in [3.05, 3.63) is 75.3 Å². The van der Waals surface area contributed by atoms with Crippen molar-refractivity contribution in [3.8, 4) is 6.07 Å². The highest BCUT2D eigenvalue weighted by molar-refractivity contribution is 6.14. The lowest BCUT2D eigenvalue weighted by Gasteiger charge is -2.17. The maximum Gasteiger partial charge on any atom is 0.293 e. The van der Waals surface area contributed by atoms with Crippen molar-refractivity contribution in [1.29, 1.82) is 5.26 Å². The Hall–Kier alpha value is -3.46. The molecule has 0 N–H and O–H groups in total. The minimum absolute atomic E-state index is 0.00917. The second kappa shape index (κ2) is 7.62. The summed E-state index contributed by atoms with van der Waals surface area (Å²) in [7, 11) is 0. The van der Waals surface area contributed by atoms with Gasteiger partial charge in [-0.25, -0.2) is 0 Å². The predicted octanol–water partition coefficient (Wildman–Crippen LogP) is 3.98. The molecule has 1 aliphatic heterocycles. The van der Waals surface area contributed by atoms with Crippen LogP contribution in [-0.4, -0.2) is 23.8 Å². The molecule has 6 heteroatoms. The molecule has 2 aromatic rings. The van der Waals surface area contributed by atoms with Crippen molar-refractivity contribution >= 4 is 23.2 Å². The molecule has 1 saturated heterocycles. The standard InChI is InChI=1S/C20H17N3O3/c21-14-17(20(24)16-6-2-1-3-7-16)12-15-8-9-18(19(13-15)23(25)26)22-10-4-5-11-22/h1-3,6-9,12-13H,4-5,10-11H2. The van der Waals surface area contributed by atoms with Crippen LogP contribution >= 0.6 is 0 Å². The highest BCUT2D eigenvalue weighted by atomic mass is 16.6. The molecule has 0 radical (unpaired) electrons. The van der Waals surface area contributed by atoms with E-state index in [0.717, 1.165) is 25.9 Å². The van der Waals surface area contributed by atoms with E-state index in [1.54, 1.807) is 42.5 Å². The molecule has 1 aliphatic rings. The summed E-state index contributed by atoms with van der Waals surface area (Å²) in [6.07, 6.45) is 3.43. The number of Topliss-reactive ketones (excluding diaryl/α,β-unsaturated/α-hetero) is 1. The predicted molar refractivity (Wildman–Crippen MR) is 98.9 cm³/mol. The number of allylic oxidation sites excluding steroid dienone is 1. The van der Waals surface area contributed by atoms with Gasteiger partial charge in [0.2, 0.25) is 5.78 Å². The Balaban J connectivity index is 1.96. The number of nitrogens with zero attached hydrogens (tertiary/aromatic N) is 3. The van der Waals surface area contributed by atoms with Crippen molar-refractivity contribution in [2.24, 2.45) is 0 Å². The lowest BCUT2D eigenvalue weighted by atomic mass is 10.0. The van der Waals surface area contributed by atoms with E-state index in [2.05, 4.69) is 0 Å². The van der Waals surface area contributed by atoms with Gasteiger partial charge in [0.15, 0.2) is 0 Å². The summed E-state index contributed by atoms with van der Waals surface area (Å²) in [4.78, 5) is 25.5. The largest absolute Gasteiger partial charge is 0.366 e. The summed E-state index contributed by atoms with van der Waals surface area (Å²) in [5.74, 6) is -0.403. The Labute approximate surface area is 151 Å². The van der Waals surface area contributed by atoms with Gasteiger partial charge in [-0.1, -0.05) is 36.4 Å². The van der Waals surface area contributed by atoms with E-state index in [1.165, 1.54) is 12.1 Å². The fourth-order valence-corrected chi connectivity index (χ4v) is 3.06. The molecule has 0 atom stereocenters. The van der Waals surface area contributed by atoms with Crippen LogP contribution in [0.1, 0.15) is 28.8 Å². The molecule has 130 valence electrons. The van der Waals surface area contributed by atoms with Crippen molar-refractivity contribution in [1.82, 2.24) is 0 Å². The number of benzene rings is 2. The van der Waals surface area contributed by atoms with Crippen LogP contribution in [0.3, 0.4) is 0 Å². The van der Waals surface area contributed by atoms with Gasteiger partial charge in [0, 0.05) is 24.7 Å². The molecule has 0 aromatic heterocycles. The minimum atomic E-state index is -0.421. The maximum absolute atomic E-state index is 12.4. The summed E-state index contributed by atoms with van der Waals surface area (Å²) in [6.45, 7) is 1.60. The number of nitriles is 1. The van der Waals surface area contributed by atoms with Crippen molar-refractivity contribution in [2.75, 3.05) is 18.0 Å². The van der Waals surface area contributed by atoms with Crippen LogP contribution in [0.2, 0.25) is 0 Å². The van der Waals surface area contributed by atoms with Gasteiger partial charge >= 0.3 is 0 Å². The zero-order valence-corrected chi connectivity index (χ0v) is 14.1. The molecule has 0 bridgehead atoms. The van der Waals surface area contributed by atoms with Gasteiger partial charge in [-0.2, -0.15) is 5.26 Å². The molecule has 1 fully saturated rings. The average Bonchev–Trinajstić information content (AvgIpc) is 3.20. The minimum Gasteiger partial charge on any atom is -0.366 e. The number of carbonyl (C=O) groups excluding carboxylic acids is 1. The molecule has 0 saturated carbocycles. The highest BCUT2D eigenvalue weighted by Gasteiger charge is 2.22. The van der Waals surface area contributed by atoms with Gasteiger partial charge in [0.25, 0.3) is 5.69 Å². The van der Waals surface area contributed by atoms with E-state index in [1.807, 2.05) is 11.0 Å². The fraction of sp³-hybridized carbons (Fsp3) is 0.200. The van der Waals surface area contributed by atoms with Crippen LogP contribution in [0.5, 0.6) is 0 Å². The smallest absolute Gasteiger partial charge is 0.293 e. The Kier molecular flexibility index (Phi) is 5.09. The topological polar surface area (TPSA) is 87.2 Å². The molecule has 2 aromatic carbocycles. The molecule has 26 heavy (non-hydrogen) atoms. The third kappa shape index (κ3) is 3.62. The summed E-state index contributed by atoms with van der Waals surface area (Å²) in [6, 6.07) is 15.2. The Morgan fingerprint density at radius 3 is 2.46 bits per heavy atom. The quantitative estimate of drug-likeness (QED) is 0.268. The molecule has 0 amide bonds. The molecule has 1 heterocycles. The number of ketones is 1. The first-order valence-corrected chi connectivity index (χ1v) is 8.35. The van der Waals surface area contributed by atoms with E-state index in [9.17, 15) is 20.2 Å². The van der Waals surface area contributed by atoms with Crippen molar-refractivity contribution < 1.29 is 9.72 Å². The van der Waals surface area contributed by atoms with Crippen LogP contribution in [0.4, 0.5) is 11.4 Å². The zero-order valence-electron chi connectivity index (χ0n) is 14.1. The molecule has 0 unspecified atom stereocenters. The SMILES string of the molecule is N#CC(=Cc1ccc(N2CCCC2)c([N+](=O)[O-])c1)C(=O)c1ccccc1. The fourth-order valence-electron chi connectivity index (χ4n) is 3.06. The van der Waals surface area contributed by atoms with Gasteiger partial charge in [0.1, 0.15) is 17.3 Å². The Morgan fingerprint density at radius 2 is 1.85 bits per heavy atom. The number of nitro benzene ring substituents is 1. The van der Waals surface area contributed by atoms with Crippen LogP contribution in [-0.2, 0) is 0 Å². The number of carbonyl (C=O) groups is 1. The first kappa shape index (κ1) is 17.4. The first-order valence-electron chi connectivity index (χ1n) is 8.35. The van der Waals surface area contributed by atoms with Gasteiger partial charge in [-0.15, -0.1) is 0 Å². The molecular formula is C20H17N3O3. The summed E-state index contributed by atoms with van der Waals surface area (Å²) < 4.78 is 0. The van der Waals surface area contributed by atoms with Gasteiger partial charge < -0.3 is 4.90 Å². The molecule has 6 nitrogen and oxygen atoms in total. The van der Waals surface area contributed by atoms with Gasteiger partial charge in [0.05, 0.1) is 4.92 Å². The Morgan fingerprint density at radius 1 is 1.15 bits per heavy atom. The number of hydrogen-bond acceptors (Lipinski definition) is 5. The number of nitro groups is 1. The second-order valence-electron chi connectivity index (χ2n) is 6.06.